The van der Waals surface area contributed by atoms with Gasteiger partial charge in [0, 0.05) is 39.1 Å². The molecule has 27 heavy (non-hydrogen) atoms. The SMILES string of the molecule is CCNC(=NCC1(CC)CCCC1)NCCCn1nc2n(c1=O)CCCC2. The first kappa shape index (κ1) is 20.0. The van der Waals surface area contributed by atoms with Crippen LogP contribution in [0.1, 0.15) is 71.0 Å². The Morgan fingerprint density at radius 1 is 1.19 bits per heavy atom. The van der Waals surface area contributed by atoms with E-state index >= 15 is 0 Å². The van der Waals surface area contributed by atoms with Gasteiger partial charge in [-0.1, -0.05) is 19.8 Å². The van der Waals surface area contributed by atoms with Gasteiger partial charge in [-0.2, -0.15) is 5.10 Å². The van der Waals surface area contributed by atoms with Crippen molar-refractivity contribution in [3.8, 4) is 0 Å². The maximum absolute atomic E-state index is 12.4. The molecule has 0 bridgehead atoms. The summed E-state index contributed by atoms with van der Waals surface area (Å²) in [7, 11) is 0. The van der Waals surface area contributed by atoms with Gasteiger partial charge in [0.15, 0.2) is 5.96 Å². The average Bonchev–Trinajstić information content (AvgIpc) is 3.29. The molecule has 0 unspecified atom stereocenters. The van der Waals surface area contributed by atoms with Crippen LogP contribution in [0.25, 0.3) is 0 Å². The van der Waals surface area contributed by atoms with Crippen molar-refractivity contribution in [2.75, 3.05) is 19.6 Å². The summed E-state index contributed by atoms with van der Waals surface area (Å²) in [4.78, 5) is 17.2. The van der Waals surface area contributed by atoms with Crippen molar-refractivity contribution < 1.29 is 0 Å². The van der Waals surface area contributed by atoms with Gasteiger partial charge < -0.3 is 10.6 Å². The van der Waals surface area contributed by atoms with Crippen molar-refractivity contribution in [1.29, 1.82) is 0 Å². The van der Waals surface area contributed by atoms with Crippen LogP contribution < -0.4 is 16.3 Å². The molecule has 2 N–H and O–H groups in total. The molecule has 2 aliphatic rings. The molecular formula is C20H36N6O. The molecule has 7 heteroatoms. The normalized spacial score (nSPS) is 19.1. The molecule has 3 rings (SSSR count). The molecule has 1 fully saturated rings. The highest BCUT2D eigenvalue weighted by molar-refractivity contribution is 5.79. The average molecular weight is 377 g/mol. The fraction of sp³-hybridized carbons (Fsp3) is 0.850. The molecule has 0 saturated heterocycles. The number of fused-ring (bicyclic) bond motifs is 1. The second-order valence-corrected chi connectivity index (χ2v) is 8.07. The summed E-state index contributed by atoms with van der Waals surface area (Å²) in [5.74, 6) is 1.85. The Balaban J connectivity index is 1.49. The monoisotopic (exact) mass is 376 g/mol. The molecule has 1 saturated carbocycles. The van der Waals surface area contributed by atoms with Gasteiger partial charge in [-0.3, -0.25) is 9.56 Å². The summed E-state index contributed by atoms with van der Waals surface area (Å²) in [5, 5.41) is 11.3. The number of hydrogen-bond acceptors (Lipinski definition) is 3. The Morgan fingerprint density at radius 2 is 2.00 bits per heavy atom. The van der Waals surface area contributed by atoms with E-state index in [4.69, 9.17) is 4.99 Å². The van der Waals surface area contributed by atoms with Gasteiger partial charge in [0.1, 0.15) is 5.82 Å². The van der Waals surface area contributed by atoms with E-state index in [0.717, 1.165) is 63.6 Å². The minimum atomic E-state index is 0.0522. The van der Waals surface area contributed by atoms with E-state index < -0.39 is 0 Å². The number of nitrogens with zero attached hydrogens (tertiary/aromatic N) is 4. The van der Waals surface area contributed by atoms with Gasteiger partial charge in [0.25, 0.3) is 0 Å². The lowest BCUT2D eigenvalue weighted by atomic mass is 9.84. The zero-order valence-corrected chi connectivity index (χ0v) is 17.1. The van der Waals surface area contributed by atoms with Gasteiger partial charge >= 0.3 is 5.69 Å². The molecule has 0 atom stereocenters. The van der Waals surface area contributed by atoms with Crippen molar-refractivity contribution in [3.63, 3.8) is 0 Å². The van der Waals surface area contributed by atoms with Gasteiger partial charge in [-0.15, -0.1) is 0 Å². The predicted octanol–water partition coefficient (Wildman–Crippen LogP) is 2.30. The highest BCUT2D eigenvalue weighted by Gasteiger charge is 2.31. The van der Waals surface area contributed by atoms with Crippen LogP contribution in [0.3, 0.4) is 0 Å². The Kier molecular flexibility index (Phi) is 6.96. The number of nitrogens with one attached hydrogen (secondary N) is 2. The van der Waals surface area contributed by atoms with E-state index in [1.807, 2.05) is 4.57 Å². The molecule has 1 aliphatic carbocycles. The third kappa shape index (κ3) is 4.93. The Morgan fingerprint density at radius 3 is 2.70 bits per heavy atom. The number of aromatic nitrogens is 3. The molecule has 7 nitrogen and oxygen atoms in total. The molecule has 0 spiro atoms. The summed E-state index contributed by atoms with van der Waals surface area (Å²) in [6.45, 7) is 8.43. The Bertz CT molecular complexity index is 683. The fourth-order valence-electron chi connectivity index (χ4n) is 4.37. The lowest BCUT2D eigenvalue weighted by molar-refractivity contribution is 0.297. The molecule has 0 radical (unpaired) electrons. The van der Waals surface area contributed by atoms with Gasteiger partial charge in [-0.05, 0) is 50.9 Å². The van der Waals surface area contributed by atoms with E-state index in [1.54, 1.807) is 4.68 Å². The quantitative estimate of drug-likeness (QED) is 0.415. The van der Waals surface area contributed by atoms with Crippen LogP contribution in [0, 0.1) is 5.41 Å². The van der Waals surface area contributed by atoms with Gasteiger partial charge in [0.05, 0.1) is 0 Å². The second-order valence-electron chi connectivity index (χ2n) is 8.07. The zero-order valence-electron chi connectivity index (χ0n) is 17.1. The van der Waals surface area contributed by atoms with E-state index in [0.29, 0.717) is 12.0 Å². The largest absolute Gasteiger partial charge is 0.357 e. The maximum atomic E-state index is 12.4. The lowest BCUT2D eigenvalue weighted by Crippen LogP contribution is -2.39. The van der Waals surface area contributed by atoms with Crippen LogP contribution in [0.2, 0.25) is 0 Å². The number of hydrogen-bond donors (Lipinski definition) is 2. The summed E-state index contributed by atoms with van der Waals surface area (Å²) in [6.07, 6.45) is 10.5. The van der Waals surface area contributed by atoms with Crippen LogP contribution in [0.5, 0.6) is 0 Å². The zero-order chi connectivity index (χ0) is 19.1. The molecule has 0 amide bonds. The Labute approximate surface area is 162 Å². The molecule has 1 aromatic heterocycles. The first-order chi connectivity index (χ1) is 13.2. The highest BCUT2D eigenvalue weighted by atomic mass is 16.2. The van der Waals surface area contributed by atoms with Crippen molar-refractivity contribution >= 4 is 5.96 Å². The minimum Gasteiger partial charge on any atom is -0.357 e. The number of aliphatic imine (C=N–C) groups is 1. The third-order valence-corrected chi connectivity index (χ3v) is 6.20. The van der Waals surface area contributed by atoms with E-state index in [-0.39, 0.29) is 5.69 Å². The molecule has 1 aromatic rings. The van der Waals surface area contributed by atoms with Crippen molar-refractivity contribution in [3.05, 3.63) is 16.3 Å². The first-order valence-corrected chi connectivity index (χ1v) is 10.9. The maximum Gasteiger partial charge on any atom is 0.345 e. The molecule has 152 valence electrons. The standard InChI is InChI=1S/C20H36N6O/c1-3-20(11-6-7-12-20)16-23-18(21-4-2)22-13-9-15-26-19(27)25-14-8-5-10-17(25)24-26/h3-16H2,1-2H3,(H2,21,22,23). The molecule has 0 aromatic carbocycles. The summed E-state index contributed by atoms with van der Waals surface area (Å²) in [5.41, 5.74) is 0.460. The summed E-state index contributed by atoms with van der Waals surface area (Å²) in [6, 6.07) is 0. The molecule has 1 aliphatic heterocycles. The highest BCUT2D eigenvalue weighted by Crippen LogP contribution is 2.41. The van der Waals surface area contributed by atoms with E-state index in [2.05, 4.69) is 29.6 Å². The smallest absolute Gasteiger partial charge is 0.345 e. The molecule has 2 heterocycles. The van der Waals surface area contributed by atoms with Crippen LogP contribution in [-0.2, 0) is 19.5 Å². The minimum absolute atomic E-state index is 0.0522. The molecular weight excluding hydrogens is 340 g/mol. The third-order valence-electron chi connectivity index (χ3n) is 6.20. The summed E-state index contributed by atoms with van der Waals surface area (Å²) < 4.78 is 3.48. The fourth-order valence-corrected chi connectivity index (χ4v) is 4.37. The predicted molar refractivity (Wildman–Crippen MR) is 109 cm³/mol. The number of aryl methyl sites for hydroxylation is 2. The van der Waals surface area contributed by atoms with Gasteiger partial charge in [-0.25, -0.2) is 9.48 Å². The summed E-state index contributed by atoms with van der Waals surface area (Å²) >= 11 is 0. The topological polar surface area (TPSA) is 76.2 Å². The second kappa shape index (κ2) is 9.42. The Hall–Kier alpha value is -1.79. The van der Waals surface area contributed by atoms with E-state index in [1.165, 1.54) is 32.1 Å². The lowest BCUT2D eigenvalue weighted by Gasteiger charge is -2.25. The first-order valence-electron chi connectivity index (χ1n) is 10.9. The van der Waals surface area contributed by atoms with Crippen molar-refractivity contribution in [1.82, 2.24) is 25.0 Å². The van der Waals surface area contributed by atoms with Gasteiger partial charge in [0.2, 0.25) is 0 Å². The number of rotatable bonds is 8. The van der Waals surface area contributed by atoms with Crippen molar-refractivity contribution in [2.24, 2.45) is 10.4 Å². The van der Waals surface area contributed by atoms with Crippen LogP contribution in [0.4, 0.5) is 0 Å². The van der Waals surface area contributed by atoms with Crippen LogP contribution in [0.15, 0.2) is 9.79 Å². The van der Waals surface area contributed by atoms with Crippen molar-refractivity contribution in [2.45, 2.75) is 84.7 Å². The van der Waals surface area contributed by atoms with Crippen LogP contribution >= 0.6 is 0 Å². The van der Waals surface area contributed by atoms with Crippen LogP contribution in [-0.4, -0.2) is 39.9 Å². The van der Waals surface area contributed by atoms with E-state index in [9.17, 15) is 4.79 Å². The number of guanidine groups is 1.